The zero-order chi connectivity index (χ0) is 19.4. The molecule has 0 atom stereocenters. The van der Waals surface area contributed by atoms with Gasteiger partial charge in [0.15, 0.2) is 18.2 Å². The number of sulfonamides is 1. The van der Waals surface area contributed by atoms with Gasteiger partial charge >= 0.3 is 0 Å². The van der Waals surface area contributed by atoms with E-state index in [2.05, 4.69) is 0 Å². The number of carbonyl (C=O) groups is 1. The van der Waals surface area contributed by atoms with Gasteiger partial charge < -0.3 is 9.64 Å². The number of piperazine rings is 1. The molecule has 3 rings (SSSR count). The van der Waals surface area contributed by atoms with Crippen molar-refractivity contribution in [3.05, 3.63) is 60.2 Å². The molecule has 2 aromatic carbocycles. The quantitative estimate of drug-likeness (QED) is 0.774. The van der Waals surface area contributed by atoms with E-state index < -0.39 is 34.2 Å². The fourth-order valence-corrected chi connectivity index (χ4v) is 4.19. The average Bonchev–Trinajstić information content (AvgIpc) is 2.68. The molecular formula is C18H18F2N2O4S. The third-order valence-electron chi connectivity index (χ3n) is 4.22. The summed E-state index contributed by atoms with van der Waals surface area (Å²) in [5.74, 6) is -2.23. The highest BCUT2D eigenvalue weighted by molar-refractivity contribution is 7.89. The number of hydrogen-bond donors (Lipinski definition) is 0. The summed E-state index contributed by atoms with van der Waals surface area (Å²) in [5.41, 5.74) is 0. The second-order valence-electron chi connectivity index (χ2n) is 5.96. The molecular weight excluding hydrogens is 378 g/mol. The third kappa shape index (κ3) is 4.42. The predicted octanol–water partition coefficient (Wildman–Crippen LogP) is 1.88. The number of amides is 1. The van der Waals surface area contributed by atoms with Crippen LogP contribution in [0, 0.1) is 11.6 Å². The highest BCUT2D eigenvalue weighted by Gasteiger charge is 2.30. The standard InChI is InChI=1S/C18H18F2N2O4S/c19-14-6-7-17(16(20)12-14)26-13-18(23)21-8-10-22(11-9-21)27(24,25)15-4-2-1-3-5-15/h1-7,12H,8-11,13H2. The van der Waals surface area contributed by atoms with E-state index in [1.165, 1.54) is 21.3 Å². The van der Waals surface area contributed by atoms with Crippen LogP contribution in [-0.2, 0) is 14.8 Å². The average molecular weight is 396 g/mol. The van der Waals surface area contributed by atoms with Crippen molar-refractivity contribution in [1.82, 2.24) is 9.21 Å². The number of benzene rings is 2. The van der Waals surface area contributed by atoms with Crippen molar-refractivity contribution < 1.29 is 26.7 Å². The lowest BCUT2D eigenvalue weighted by Crippen LogP contribution is -2.51. The van der Waals surface area contributed by atoms with Crippen molar-refractivity contribution in [3.63, 3.8) is 0 Å². The van der Waals surface area contributed by atoms with Crippen molar-refractivity contribution in [2.24, 2.45) is 0 Å². The first kappa shape index (κ1) is 19.2. The lowest BCUT2D eigenvalue weighted by Gasteiger charge is -2.33. The Hall–Kier alpha value is -2.52. The summed E-state index contributed by atoms with van der Waals surface area (Å²) >= 11 is 0. The molecule has 6 nitrogen and oxygen atoms in total. The van der Waals surface area contributed by atoms with E-state index in [9.17, 15) is 22.0 Å². The van der Waals surface area contributed by atoms with E-state index in [0.29, 0.717) is 6.07 Å². The minimum Gasteiger partial charge on any atom is -0.481 e. The Bertz CT molecular complexity index is 914. The van der Waals surface area contributed by atoms with Gasteiger partial charge in [0.25, 0.3) is 5.91 Å². The maximum atomic E-state index is 13.5. The van der Waals surface area contributed by atoms with E-state index in [-0.39, 0.29) is 36.8 Å². The van der Waals surface area contributed by atoms with E-state index >= 15 is 0 Å². The van der Waals surface area contributed by atoms with Crippen molar-refractivity contribution in [2.45, 2.75) is 4.90 Å². The normalized spacial score (nSPS) is 15.6. The van der Waals surface area contributed by atoms with Gasteiger partial charge in [0.05, 0.1) is 4.90 Å². The molecule has 1 aliphatic heterocycles. The van der Waals surface area contributed by atoms with Crippen LogP contribution < -0.4 is 4.74 Å². The first-order valence-electron chi connectivity index (χ1n) is 8.29. The van der Waals surface area contributed by atoms with Gasteiger partial charge in [-0.2, -0.15) is 4.31 Å². The minimum absolute atomic E-state index is 0.161. The van der Waals surface area contributed by atoms with Gasteiger partial charge in [-0.05, 0) is 24.3 Å². The second kappa shape index (κ2) is 8.01. The molecule has 1 fully saturated rings. The maximum Gasteiger partial charge on any atom is 0.260 e. The lowest BCUT2D eigenvalue weighted by molar-refractivity contribution is -0.134. The van der Waals surface area contributed by atoms with Crippen molar-refractivity contribution in [1.29, 1.82) is 0 Å². The third-order valence-corrected chi connectivity index (χ3v) is 6.13. The summed E-state index contributed by atoms with van der Waals surface area (Å²) in [6, 6.07) is 10.9. The molecule has 0 bridgehead atoms. The number of halogens is 2. The molecule has 0 N–H and O–H groups in total. The molecule has 0 unspecified atom stereocenters. The van der Waals surface area contributed by atoms with Gasteiger partial charge in [-0.25, -0.2) is 17.2 Å². The first-order chi connectivity index (χ1) is 12.9. The molecule has 1 heterocycles. The van der Waals surface area contributed by atoms with Crippen LogP contribution in [0.2, 0.25) is 0 Å². The maximum absolute atomic E-state index is 13.5. The Kier molecular flexibility index (Phi) is 5.71. The van der Waals surface area contributed by atoms with Crippen molar-refractivity contribution in [3.8, 4) is 5.75 Å². The summed E-state index contributed by atoms with van der Waals surface area (Å²) in [6.07, 6.45) is 0. The molecule has 0 aliphatic carbocycles. The molecule has 0 aromatic heterocycles. The van der Waals surface area contributed by atoms with Gasteiger partial charge in [0.2, 0.25) is 10.0 Å². The van der Waals surface area contributed by atoms with Gasteiger partial charge in [-0.15, -0.1) is 0 Å². The monoisotopic (exact) mass is 396 g/mol. The molecule has 1 saturated heterocycles. The SMILES string of the molecule is O=C(COc1ccc(F)cc1F)N1CCN(S(=O)(=O)c2ccccc2)CC1. The van der Waals surface area contributed by atoms with Crippen molar-refractivity contribution in [2.75, 3.05) is 32.8 Å². The number of rotatable bonds is 5. The van der Waals surface area contributed by atoms with Crippen LogP contribution in [0.15, 0.2) is 53.4 Å². The van der Waals surface area contributed by atoms with Crippen LogP contribution in [-0.4, -0.2) is 56.3 Å². The van der Waals surface area contributed by atoms with E-state index in [4.69, 9.17) is 4.74 Å². The lowest BCUT2D eigenvalue weighted by atomic mass is 10.3. The number of carbonyl (C=O) groups excluding carboxylic acids is 1. The molecule has 1 amide bonds. The largest absolute Gasteiger partial charge is 0.481 e. The fourth-order valence-electron chi connectivity index (χ4n) is 2.74. The molecule has 0 saturated carbocycles. The Balaban J connectivity index is 1.55. The van der Waals surface area contributed by atoms with Gasteiger partial charge in [0.1, 0.15) is 5.82 Å². The first-order valence-corrected chi connectivity index (χ1v) is 9.73. The van der Waals surface area contributed by atoms with E-state index in [1.54, 1.807) is 18.2 Å². The summed E-state index contributed by atoms with van der Waals surface area (Å²) < 4.78 is 58.0. The molecule has 0 radical (unpaired) electrons. The number of ether oxygens (including phenoxy) is 1. The Morgan fingerprint density at radius 3 is 2.30 bits per heavy atom. The predicted molar refractivity (Wildman–Crippen MR) is 93.6 cm³/mol. The zero-order valence-electron chi connectivity index (χ0n) is 14.3. The summed E-state index contributed by atoms with van der Waals surface area (Å²) in [5, 5.41) is 0. The van der Waals surface area contributed by atoms with Crippen LogP contribution in [0.3, 0.4) is 0 Å². The van der Waals surface area contributed by atoms with E-state index in [0.717, 1.165) is 12.1 Å². The van der Waals surface area contributed by atoms with Crippen molar-refractivity contribution >= 4 is 15.9 Å². The van der Waals surface area contributed by atoms with Gasteiger partial charge in [0, 0.05) is 32.2 Å². The molecule has 0 spiro atoms. The van der Waals surface area contributed by atoms with Crippen LogP contribution in [0.1, 0.15) is 0 Å². The molecule has 2 aromatic rings. The topological polar surface area (TPSA) is 66.9 Å². The van der Waals surface area contributed by atoms with Gasteiger partial charge in [-0.3, -0.25) is 4.79 Å². The number of nitrogens with zero attached hydrogens (tertiary/aromatic N) is 2. The zero-order valence-corrected chi connectivity index (χ0v) is 15.2. The fraction of sp³-hybridized carbons (Fsp3) is 0.278. The summed E-state index contributed by atoms with van der Waals surface area (Å²) in [6.45, 7) is 0.329. The number of hydrogen-bond acceptors (Lipinski definition) is 4. The Labute approximate surface area is 156 Å². The Morgan fingerprint density at radius 2 is 1.67 bits per heavy atom. The Morgan fingerprint density at radius 1 is 1.00 bits per heavy atom. The highest BCUT2D eigenvalue weighted by Crippen LogP contribution is 2.19. The van der Waals surface area contributed by atoms with E-state index in [1.807, 2.05) is 0 Å². The van der Waals surface area contributed by atoms with Crippen LogP contribution in [0.25, 0.3) is 0 Å². The summed E-state index contributed by atoms with van der Waals surface area (Å²) in [4.78, 5) is 13.9. The second-order valence-corrected chi connectivity index (χ2v) is 7.90. The highest BCUT2D eigenvalue weighted by atomic mass is 32.2. The van der Waals surface area contributed by atoms with Gasteiger partial charge in [-0.1, -0.05) is 18.2 Å². The summed E-state index contributed by atoms with van der Waals surface area (Å²) in [7, 11) is -3.60. The molecule has 1 aliphatic rings. The van der Waals surface area contributed by atoms with Crippen LogP contribution >= 0.6 is 0 Å². The smallest absolute Gasteiger partial charge is 0.260 e. The van der Waals surface area contributed by atoms with Crippen LogP contribution in [0.4, 0.5) is 8.78 Å². The minimum atomic E-state index is -3.60. The molecule has 144 valence electrons. The van der Waals surface area contributed by atoms with Crippen LogP contribution in [0.5, 0.6) is 5.75 Å². The molecule has 9 heteroatoms. The molecule has 27 heavy (non-hydrogen) atoms.